The Kier molecular flexibility index (Phi) is 4.08. The van der Waals surface area contributed by atoms with E-state index in [1.807, 2.05) is 0 Å². The average Bonchev–Trinajstić information content (AvgIpc) is 3.07. The zero-order chi connectivity index (χ0) is 15.4. The molecule has 0 amide bonds. The third-order valence-electron chi connectivity index (χ3n) is 3.66. The molecule has 0 unspecified atom stereocenters. The maximum absolute atomic E-state index is 11.0. The number of hydrogen-bond acceptors (Lipinski definition) is 6. The van der Waals surface area contributed by atoms with Gasteiger partial charge in [0.25, 0.3) is 5.69 Å². The molecule has 0 aliphatic carbocycles. The first-order valence-corrected chi connectivity index (χ1v) is 7.16. The Hall–Kier alpha value is -2.77. The number of nitrogens with zero attached hydrogens (tertiary/aromatic N) is 6. The molecule has 0 atom stereocenters. The van der Waals surface area contributed by atoms with Crippen molar-refractivity contribution in [2.45, 2.75) is 19.3 Å². The van der Waals surface area contributed by atoms with Crippen LogP contribution in [0.15, 0.2) is 36.0 Å². The van der Waals surface area contributed by atoms with Crippen LogP contribution in [0.4, 0.5) is 11.4 Å². The van der Waals surface area contributed by atoms with Crippen LogP contribution in [0.5, 0.6) is 0 Å². The smallest absolute Gasteiger partial charge is 0.270 e. The van der Waals surface area contributed by atoms with E-state index in [1.54, 1.807) is 24.4 Å². The summed E-state index contributed by atoms with van der Waals surface area (Å²) in [6.45, 7) is 1.93. The highest BCUT2D eigenvalue weighted by Crippen LogP contribution is 2.26. The minimum atomic E-state index is -0.393. The molecule has 0 bridgehead atoms. The number of non-ortho nitro benzene ring substituents is 1. The van der Waals surface area contributed by atoms with Gasteiger partial charge < -0.3 is 4.90 Å². The lowest BCUT2D eigenvalue weighted by atomic mass is 10.1. The van der Waals surface area contributed by atoms with E-state index in [0.717, 1.165) is 37.2 Å². The molecule has 1 saturated heterocycles. The number of nitro benzene ring substituents is 1. The van der Waals surface area contributed by atoms with Gasteiger partial charge in [0, 0.05) is 36.5 Å². The summed E-state index contributed by atoms with van der Waals surface area (Å²) in [5, 5.41) is 22.6. The van der Waals surface area contributed by atoms with Crippen molar-refractivity contribution in [3.63, 3.8) is 0 Å². The van der Waals surface area contributed by atoms with Gasteiger partial charge in [-0.2, -0.15) is 5.10 Å². The summed E-state index contributed by atoms with van der Waals surface area (Å²) in [7, 11) is 0. The van der Waals surface area contributed by atoms with E-state index in [-0.39, 0.29) is 5.69 Å². The molecule has 0 radical (unpaired) electrons. The predicted molar refractivity (Wildman–Crippen MR) is 82.2 cm³/mol. The van der Waals surface area contributed by atoms with Crippen molar-refractivity contribution in [3.8, 4) is 0 Å². The van der Waals surface area contributed by atoms with E-state index in [2.05, 4.69) is 20.2 Å². The highest BCUT2D eigenvalue weighted by atomic mass is 16.6. The van der Waals surface area contributed by atoms with E-state index in [9.17, 15) is 10.1 Å². The molecule has 2 heterocycles. The van der Waals surface area contributed by atoms with Crippen molar-refractivity contribution in [2.24, 2.45) is 5.10 Å². The summed E-state index contributed by atoms with van der Waals surface area (Å²) in [6.07, 6.45) is 8.05. The normalized spacial score (nSPS) is 15.4. The molecular formula is C14H16N6O2. The molecule has 1 fully saturated rings. The van der Waals surface area contributed by atoms with E-state index in [4.69, 9.17) is 0 Å². The predicted octanol–water partition coefficient (Wildman–Crippen LogP) is 2.06. The van der Waals surface area contributed by atoms with Crippen LogP contribution in [0.1, 0.15) is 24.8 Å². The van der Waals surface area contributed by atoms with E-state index in [1.165, 1.54) is 23.8 Å². The van der Waals surface area contributed by atoms with Crippen LogP contribution in [0.3, 0.4) is 0 Å². The second-order valence-electron chi connectivity index (χ2n) is 5.13. The SMILES string of the molecule is O=[N+]([O-])c1ccc(N2CCCCC2)c(/C=N\n2cnnc2)c1. The maximum Gasteiger partial charge on any atom is 0.270 e. The molecule has 8 heteroatoms. The molecule has 22 heavy (non-hydrogen) atoms. The fourth-order valence-electron chi connectivity index (χ4n) is 2.57. The maximum atomic E-state index is 11.0. The highest BCUT2D eigenvalue weighted by molar-refractivity contribution is 5.89. The molecule has 0 N–H and O–H groups in total. The molecular weight excluding hydrogens is 284 g/mol. The lowest BCUT2D eigenvalue weighted by Crippen LogP contribution is -2.30. The van der Waals surface area contributed by atoms with Crippen LogP contribution < -0.4 is 4.90 Å². The van der Waals surface area contributed by atoms with Crippen molar-refractivity contribution in [3.05, 3.63) is 46.5 Å². The van der Waals surface area contributed by atoms with Crippen molar-refractivity contribution >= 4 is 17.6 Å². The van der Waals surface area contributed by atoms with Gasteiger partial charge in [-0.25, -0.2) is 4.68 Å². The van der Waals surface area contributed by atoms with Crippen LogP contribution in [0.2, 0.25) is 0 Å². The Morgan fingerprint density at radius 3 is 2.59 bits per heavy atom. The Morgan fingerprint density at radius 2 is 1.91 bits per heavy atom. The van der Waals surface area contributed by atoms with Gasteiger partial charge in [0.2, 0.25) is 0 Å². The molecule has 1 aliphatic heterocycles. The first-order valence-electron chi connectivity index (χ1n) is 7.16. The average molecular weight is 300 g/mol. The van der Waals surface area contributed by atoms with Gasteiger partial charge in [-0.1, -0.05) is 0 Å². The summed E-state index contributed by atoms with van der Waals surface area (Å²) < 4.78 is 1.46. The summed E-state index contributed by atoms with van der Waals surface area (Å²) in [5.74, 6) is 0. The van der Waals surface area contributed by atoms with Gasteiger partial charge in [-0.05, 0) is 25.3 Å². The van der Waals surface area contributed by atoms with Crippen molar-refractivity contribution in [2.75, 3.05) is 18.0 Å². The molecule has 1 aromatic carbocycles. The Labute approximate surface area is 127 Å². The van der Waals surface area contributed by atoms with Gasteiger partial charge >= 0.3 is 0 Å². The standard InChI is InChI=1S/C14H16N6O2/c21-20(22)13-4-5-14(18-6-2-1-3-7-18)12(8-13)9-17-19-10-15-16-11-19/h4-5,8-11H,1-3,6-7H2/b17-9-. The molecule has 1 aromatic heterocycles. The zero-order valence-electron chi connectivity index (χ0n) is 12.0. The highest BCUT2D eigenvalue weighted by Gasteiger charge is 2.16. The topological polar surface area (TPSA) is 89.5 Å². The number of rotatable bonds is 4. The quantitative estimate of drug-likeness (QED) is 0.490. The molecule has 0 spiro atoms. The third-order valence-corrected chi connectivity index (χ3v) is 3.66. The van der Waals surface area contributed by atoms with Gasteiger partial charge in [-0.3, -0.25) is 10.1 Å². The van der Waals surface area contributed by atoms with Gasteiger partial charge in [-0.15, -0.1) is 10.2 Å². The number of benzene rings is 1. The number of piperidine rings is 1. The lowest BCUT2D eigenvalue weighted by Gasteiger charge is -2.29. The van der Waals surface area contributed by atoms with Crippen LogP contribution in [-0.2, 0) is 0 Å². The molecule has 8 nitrogen and oxygen atoms in total. The Balaban J connectivity index is 1.95. The summed E-state index contributed by atoms with van der Waals surface area (Å²) in [6, 6.07) is 4.90. The number of anilines is 1. The third kappa shape index (κ3) is 3.11. The van der Waals surface area contributed by atoms with Gasteiger partial charge in [0.05, 0.1) is 11.1 Å². The van der Waals surface area contributed by atoms with Crippen LogP contribution in [-0.4, -0.2) is 39.1 Å². The Morgan fingerprint density at radius 1 is 1.18 bits per heavy atom. The van der Waals surface area contributed by atoms with Crippen LogP contribution in [0.25, 0.3) is 0 Å². The number of nitro groups is 1. The molecule has 0 saturated carbocycles. The van der Waals surface area contributed by atoms with Crippen molar-refractivity contribution in [1.29, 1.82) is 0 Å². The second kappa shape index (κ2) is 6.33. The first-order chi connectivity index (χ1) is 10.7. The first kappa shape index (κ1) is 14.2. The largest absolute Gasteiger partial charge is 0.371 e. The van der Waals surface area contributed by atoms with Crippen LogP contribution in [0, 0.1) is 10.1 Å². The van der Waals surface area contributed by atoms with Gasteiger partial charge in [0.1, 0.15) is 12.7 Å². The van der Waals surface area contributed by atoms with Crippen LogP contribution >= 0.6 is 0 Å². The summed E-state index contributed by atoms with van der Waals surface area (Å²) in [4.78, 5) is 12.9. The molecule has 2 aromatic rings. The fourth-order valence-corrected chi connectivity index (χ4v) is 2.57. The number of aromatic nitrogens is 3. The minimum absolute atomic E-state index is 0.0611. The number of hydrogen-bond donors (Lipinski definition) is 0. The molecule has 114 valence electrons. The van der Waals surface area contributed by atoms with E-state index >= 15 is 0 Å². The molecule has 3 rings (SSSR count). The van der Waals surface area contributed by atoms with Crippen molar-refractivity contribution in [1.82, 2.24) is 14.9 Å². The Bertz CT molecular complexity index is 677. The fraction of sp³-hybridized carbons (Fsp3) is 0.357. The zero-order valence-corrected chi connectivity index (χ0v) is 12.0. The summed E-state index contributed by atoms with van der Waals surface area (Å²) in [5.41, 5.74) is 1.76. The lowest BCUT2D eigenvalue weighted by molar-refractivity contribution is -0.384. The second-order valence-corrected chi connectivity index (χ2v) is 5.13. The van der Waals surface area contributed by atoms with Gasteiger partial charge in [0.15, 0.2) is 0 Å². The minimum Gasteiger partial charge on any atom is -0.371 e. The van der Waals surface area contributed by atoms with E-state index in [0.29, 0.717) is 0 Å². The molecule has 1 aliphatic rings. The van der Waals surface area contributed by atoms with Crippen molar-refractivity contribution < 1.29 is 4.92 Å². The summed E-state index contributed by atoms with van der Waals surface area (Å²) >= 11 is 0. The monoisotopic (exact) mass is 300 g/mol. The van der Waals surface area contributed by atoms with E-state index < -0.39 is 4.92 Å².